The molecule has 324 valence electrons. The highest BCUT2D eigenvalue weighted by molar-refractivity contribution is 7.90. The molecule has 2 aromatic heterocycles. The minimum Gasteiger partial charge on any atom is -0.455 e. The maximum Gasteiger partial charge on any atom is 0.293 e. The van der Waals surface area contributed by atoms with Crippen molar-refractivity contribution < 1.29 is 37.1 Å². The van der Waals surface area contributed by atoms with Crippen molar-refractivity contribution in [3.05, 3.63) is 117 Å². The zero-order valence-electron chi connectivity index (χ0n) is 33.8. The third kappa shape index (κ3) is 9.14. The second-order valence-electron chi connectivity index (χ2n) is 16.2. The van der Waals surface area contributed by atoms with E-state index >= 15 is 0 Å². The van der Waals surface area contributed by atoms with Gasteiger partial charge in [0.15, 0.2) is 0 Å². The van der Waals surface area contributed by atoms with Crippen LogP contribution in [0.1, 0.15) is 35.2 Å². The highest BCUT2D eigenvalue weighted by atomic mass is 35.5. The van der Waals surface area contributed by atoms with Crippen LogP contribution < -0.4 is 19.7 Å². The fourth-order valence-corrected chi connectivity index (χ4v) is 9.65. The summed E-state index contributed by atoms with van der Waals surface area (Å²) in [6.45, 7) is 6.92. The Hall–Kier alpha value is -5.56. The fraction of sp³-hybridized carbons (Fsp3) is 0.364. The number of carbonyl (C=O) groups excluding carboxylic acids is 1. The van der Waals surface area contributed by atoms with E-state index in [9.17, 15) is 23.3 Å². The van der Waals surface area contributed by atoms with E-state index in [1.54, 1.807) is 24.4 Å². The van der Waals surface area contributed by atoms with Crippen molar-refractivity contribution in [1.82, 2.24) is 19.6 Å². The summed E-state index contributed by atoms with van der Waals surface area (Å²) >= 11 is 6.25. The molecule has 9 rings (SSSR count). The topological polar surface area (TPSA) is 190 Å². The van der Waals surface area contributed by atoms with Crippen LogP contribution in [0, 0.1) is 15.5 Å². The molecule has 62 heavy (non-hydrogen) atoms. The Morgan fingerprint density at radius 2 is 1.84 bits per heavy atom. The number of H-pyrrole nitrogens is 1. The molecule has 1 atom stereocenters. The maximum absolute atomic E-state index is 13.9. The first-order valence-corrected chi connectivity index (χ1v) is 22.4. The van der Waals surface area contributed by atoms with Gasteiger partial charge < -0.3 is 34.1 Å². The molecule has 3 saturated heterocycles. The predicted octanol–water partition coefficient (Wildman–Crippen LogP) is 6.64. The van der Waals surface area contributed by atoms with E-state index in [2.05, 4.69) is 41.9 Å². The Kier molecular flexibility index (Phi) is 11.9. The summed E-state index contributed by atoms with van der Waals surface area (Å²) in [7, 11) is -4.58. The number of hydrogen-bond acceptors (Lipinski definition) is 13. The number of aromatic nitrogens is 2. The standard InChI is InChI=1S/C44H46ClN7O9S/c45-32-3-1-29(2-4-32)38-22-44(27-59-28-44)11-9-31(38)25-50-13-15-51(16-14-50)33-5-7-37(41(20-33)61-34-19-30-10-12-46-42(30)48-23-34)43(53)49-62(56,57)36-6-8-39(40(21-36)52(54)55)47-24-35-26-58-17-18-60-35/h1-8,10,12,19-21,23,35,47H,9,11,13-18,22,24-28H2,(H,46,48)(H,49,53)/t35-/m1/s1. The Bertz CT molecular complexity index is 2620. The number of sulfonamides is 1. The molecule has 4 aliphatic rings. The number of rotatable bonds is 13. The summed E-state index contributed by atoms with van der Waals surface area (Å²) in [6.07, 6.45) is 6.08. The van der Waals surface area contributed by atoms with Gasteiger partial charge in [0.2, 0.25) is 0 Å². The van der Waals surface area contributed by atoms with Crippen LogP contribution in [0.4, 0.5) is 17.1 Å². The van der Waals surface area contributed by atoms with Crippen molar-refractivity contribution >= 4 is 61.2 Å². The number of allylic oxidation sites excluding steroid dienone is 1. The highest BCUT2D eigenvalue weighted by Gasteiger charge is 2.42. The number of benzene rings is 3. The molecule has 1 aliphatic carbocycles. The Labute approximate surface area is 363 Å². The lowest BCUT2D eigenvalue weighted by Crippen LogP contribution is -2.48. The number of nitro benzene ring substituents is 1. The van der Waals surface area contributed by atoms with Gasteiger partial charge in [-0.15, -0.1) is 0 Å². The van der Waals surface area contributed by atoms with E-state index < -0.39 is 31.4 Å². The lowest BCUT2D eigenvalue weighted by molar-refractivity contribution is -0.384. The molecule has 3 fully saturated rings. The second kappa shape index (κ2) is 17.7. The number of nitrogens with one attached hydrogen (secondary N) is 3. The van der Waals surface area contributed by atoms with Crippen LogP contribution in [0.3, 0.4) is 0 Å². The Morgan fingerprint density at radius 3 is 2.58 bits per heavy atom. The predicted molar refractivity (Wildman–Crippen MR) is 234 cm³/mol. The number of amides is 1. The molecule has 5 aromatic rings. The van der Waals surface area contributed by atoms with Gasteiger partial charge in [0, 0.05) is 79.1 Å². The van der Waals surface area contributed by atoms with Gasteiger partial charge in [0.25, 0.3) is 21.6 Å². The van der Waals surface area contributed by atoms with Crippen molar-refractivity contribution in [1.29, 1.82) is 0 Å². The number of pyridine rings is 1. The van der Waals surface area contributed by atoms with E-state index in [4.69, 9.17) is 30.5 Å². The molecule has 16 nitrogen and oxygen atoms in total. The summed E-state index contributed by atoms with van der Waals surface area (Å²) in [4.78, 5) is 37.0. The zero-order chi connectivity index (χ0) is 42.8. The average Bonchev–Trinajstić information content (AvgIpc) is 3.74. The number of carbonyl (C=O) groups is 1. The SMILES string of the molecule is O=C(NS(=O)(=O)c1ccc(NC[C@@H]2COCCO2)c([N+](=O)[O-])c1)c1ccc(N2CCN(CC3=C(c4ccc(Cl)cc4)CC4(CC3)COC4)CC2)cc1Oc1cnc2[nH]ccc2c1. The molecule has 3 N–H and O–H groups in total. The van der Waals surface area contributed by atoms with Crippen LogP contribution in [0.15, 0.2) is 95.7 Å². The largest absolute Gasteiger partial charge is 0.455 e. The highest BCUT2D eigenvalue weighted by Crippen LogP contribution is 2.48. The summed E-state index contributed by atoms with van der Waals surface area (Å²) in [5.41, 5.74) is 5.30. The van der Waals surface area contributed by atoms with Gasteiger partial charge in [0.1, 0.15) is 22.8 Å². The summed E-state index contributed by atoms with van der Waals surface area (Å²) in [6, 6.07) is 20.2. The number of fused-ring (bicyclic) bond motifs is 1. The number of halogens is 1. The molecule has 18 heteroatoms. The van der Waals surface area contributed by atoms with E-state index in [0.29, 0.717) is 44.3 Å². The first-order valence-electron chi connectivity index (χ1n) is 20.6. The molecule has 0 radical (unpaired) electrons. The van der Waals surface area contributed by atoms with Crippen molar-refractivity contribution in [3.8, 4) is 11.5 Å². The lowest BCUT2D eigenvalue weighted by atomic mass is 9.69. The quantitative estimate of drug-likeness (QED) is 0.0844. The molecule has 5 heterocycles. The van der Waals surface area contributed by atoms with Gasteiger partial charge in [-0.2, -0.15) is 0 Å². The molecule has 0 bridgehead atoms. The number of nitro groups is 1. The number of anilines is 2. The van der Waals surface area contributed by atoms with Crippen molar-refractivity contribution in [2.45, 2.75) is 30.3 Å². The number of aromatic amines is 1. The first kappa shape index (κ1) is 41.8. The smallest absolute Gasteiger partial charge is 0.293 e. The monoisotopic (exact) mass is 883 g/mol. The molecule has 1 amide bonds. The van der Waals surface area contributed by atoms with E-state index in [0.717, 1.165) is 74.3 Å². The molecule has 3 aliphatic heterocycles. The van der Waals surface area contributed by atoms with Crippen LogP contribution in [0.25, 0.3) is 16.6 Å². The third-order valence-electron chi connectivity index (χ3n) is 12.0. The Morgan fingerprint density at radius 1 is 1.02 bits per heavy atom. The normalized spacial score (nSPS) is 19.3. The van der Waals surface area contributed by atoms with Crippen molar-refractivity contribution in [3.63, 3.8) is 0 Å². The summed E-state index contributed by atoms with van der Waals surface area (Å²) in [5, 5.41) is 16.5. The van der Waals surface area contributed by atoms with Gasteiger partial charge in [-0.1, -0.05) is 29.3 Å². The molecule has 1 spiro atoms. The molecular formula is C44H46ClN7O9S. The third-order valence-corrected chi connectivity index (χ3v) is 13.6. The maximum atomic E-state index is 13.9. The van der Waals surface area contributed by atoms with Crippen LogP contribution in [0.5, 0.6) is 11.5 Å². The average molecular weight is 884 g/mol. The van der Waals surface area contributed by atoms with Gasteiger partial charge in [0.05, 0.1) is 60.7 Å². The van der Waals surface area contributed by atoms with E-state index in [1.165, 1.54) is 41.1 Å². The molecule has 0 unspecified atom stereocenters. The number of piperazine rings is 1. The molecule has 0 saturated carbocycles. The van der Waals surface area contributed by atoms with Crippen molar-refractivity contribution in [2.75, 3.05) is 82.5 Å². The Balaban J connectivity index is 0.926. The number of ether oxygens (including phenoxy) is 4. The summed E-state index contributed by atoms with van der Waals surface area (Å²) < 4.78 is 52.4. The van der Waals surface area contributed by atoms with E-state index in [1.807, 2.05) is 18.2 Å². The van der Waals surface area contributed by atoms with Gasteiger partial charge in [-0.05, 0) is 78.9 Å². The first-order chi connectivity index (χ1) is 30.0. The van der Waals surface area contributed by atoms with Gasteiger partial charge in [-0.3, -0.25) is 19.8 Å². The van der Waals surface area contributed by atoms with Crippen LogP contribution in [0.2, 0.25) is 5.02 Å². The minimum atomic E-state index is -4.58. The van der Waals surface area contributed by atoms with Crippen LogP contribution in [-0.2, 0) is 24.2 Å². The second-order valence-corrected chi connectivity index (χ2v) is 18.3. The summed E-state index contributed by atoms with van der Waals surface area (Å²) in [5.74, 6) is -0.520. The minimum absolute atomic E-state index is 0.0544. The number of nitrogens with zero attached hydrogens (tertiary/aromatic N) is 4. The zero-order valence-corrected chi connectivity index (χ0v) is 35.4. The molecular weight excluding hydrogens is 838 g/mol. The van der Waals surface area contributed by atoms with Crippen LogP contribution in [-0.4, -0.2) is 113 Å². The molecule has 3 aromatic carbocycles. The number of hydrogen-bond donors (Lipinski definition) is 3. The van der Waals surface area contributed by atoms with Crippen molar-refractivity contribution in [2.24, 2.45) is 5.41 Å². The lowest BCUT2D eigenvalue weighted by Gasteiger charge is -2.46. The van der Waals surface area contributed by atoms with E-state index in [-0.39, 0.29) is 35.1 Å². The van der Waals surface area contributed by atoms with Crippen LogP contribution >= 0.6 is 11.6 Å². The fourth-order valence-electron chi connectivity index (χ4n) is 8.53. The van der Waals surface area contributed by atoms with Gasteiger partial charge in [-0.25, -0.2) is 18.1 Å². The van der Waals surface area contributed by atoms with Gasteiger partial charge >= 0.3 is 0 Å².